The molecule has 1 atom stereocenters. The highest BCUT2D eigenvalue weighted by molar-refractivity contribution is 5.88. The van der Waals surface area contributed by atoms with Gasteiger partial charge in [0.15, 0.2) is 11.5 Å². The summed E-state index contributed by atoms with van der Waals surface area (Å²) >= 11 is 0. The maximum absolute atomic E-state index is 6.10. The van der Waals surface area contributed by atoms with Crippen LogP contribution in [0.15, 0.2) is 67.4 Å². The first-order chi connectivity index (χ1) is 17.1. The van der Waals surface area contributed by atoms with Gasteiger partial charge in [-0.1, -0.05) is 6.08 Å². The molecule has 0 amide bonds. The molecular weight excluding hydrogens is 476 g/mol. The molecule has 9 nitrogen and oxygen atoms in total. The van der Waals surface area contributed by atoms with Crippen LogP contribution >= 0.6 is 12.4 Å². The van der Waals surface area contributed by atoms with Crippen molar-refractivity contribution in [3.8, 4) is 11.5 Å². The standard InChI is InChI=1S/C26H24N8O.ClH/c1-16-11-19(3-6-23(16)35-20-8-10-34-24(13-20)29-15-31-34)32-26-25-22(28-14-30-26)5-4-21(33-25)18-7-9-27-17(2)12-18;/h3-8,10-11,13-15,17,27H,9,12H2,1-2H3,(H,28,30,32);1H/t17-;/m0./s1. The number of fused-ring (bicyclic) bond motifs is 2. The molecule has 0 bridgehead atoms. The molecule has 0 unspecified atom stereocenters. The summed E-state index contributed by atoms with van der Waals surface area (Å²) in [7, 11) is 0. The van der Waals surface area contributed by atoms with E-state index in [4.69, 9.17) is 9.72 Å². The van der Waals surface area contributed by atoms with Gasteiger partial charge in [0.05, 0.1) is 11.2 Å². The Morgan fingerprint density at radius 2 is 1.97 bits per heavy atom. The fraction of sp³-hybridized carbons (Fsp3) is 0.192. The minimum absolute atomic E-state index is 0. The van der Waals surface area contributed by atoms with Crippen LogP contribution in [-0.4, -0.2) is 42.1 Å². The molecule has 4 aromatic heterocycles. The number of halogens is 1. The van der Waals surface area contributed by atoms with Crippen molar-refractivity contribution in [1.82, 2.24) is 34.9 Å². The lowest BCUT2D eigenvalue weighted by atomic mass is 10.00. The number of aromatic nitrogens is 6. The number of ether oxygens (including phenoxy) is 1. The van der Waals surface area contributed by atoms with Crippen LogP contribution < -0.4 is 15.4 Å². The first-order valence-corrected chi connectivity index (χ1v) is 11.5. The topological polar surface area (TPSA) is 102 Å². The Kier molecular flexibility index (Phi) is 6.49. The maximum atomic E-state index is 6.10. The van der Waals surface area contributed by atoms with Crippen LogP contribution in [0.3, 0.4) is 0 Å². The number of benzene rings is 1. The summed E-state index contributed by atoms with van der Waals surface area (Å²) in [6, 6.07) is 14.1. The van der Waals surface area contributed by atoms with Crippen LogP contribution in [0.2, 0.25) is 0 Å². The second kappa shape index (κ2) is 9.88. The number of nitrogens with one attached hydrogen (secondary N) is 2. The van der Waals surface area contributed by atoms with E-state index >= 15 is 0 Å². The number of nitrogens with zero attached hydrogens (tertiary/aromatic N) is 6. The van der Waals surface area contributed by atoms with Gasteiger partial charge in [-0.15, -0.1) is 12.4 Å². The van der Waals surface area contributed by atoms with Gasteiger partial charge in [-0.05, 0) is 67.8 Å². The van der Waals surface area contributed by atoms with Crippen molar-refractivity contribution in [3.63, 3.8) is 0 Å². The van der Waals surface area contributed by atoms with Crippen molar-refractivity contribution in [2.75, 3.05) is 11.9 Å². The van der Waals surface area contributed by atoms with E-state index in [-0.39, 0.29) is 12.4 Å². The number of aryl methyl sites for hydroxylation is 1. The fourth-order valence-corrected chi connectivity index (χ4v) is 4.25. The molecule has 1 aromatic carbocycles. The number of hydrogen-bond donors (Lipinski definition) is 2. The molecule has 1 aliphatic rings. The van der Waals surface area contributed by atoms with E-state index in [9.17, 15) is 0 Å². The van der Waals surface area contributed by atoms with E-state index in [0.717, 1.165) is 52.3 Å². The third-order valence-corrected chi connectivity index (χ3v) is 6.07. The predicted octanol–water partition coefficient (Wildman–Crippen LogP) is 5.10. The zero-order chi connectivity index (χ0) is 23.8. The minimum atomic E-state index is 0. The molecule has 0 aliphatic carbocycles. The molecule has 10 heteroatoms. The van der Waals surface area contributed by atoms with E-state index in [1.165, 1.54) is 11.9 Å². The summed E-state index contributed by atoms with van der Waals surface area (Å²) in [6.07, 6.45) is 8.05. The van der Waals surface area contributed by atoms with Gasteiger partial charge in [-0.25, -0.2) is 24.5 Å². The third kappa shape index (κ3) is 4.71. The molecular formula is C26H25ClN8O. The maximum Gasteiger partial charge on any atom is 0.160 e. The molecule has 0 radical (unpaired) electrons. The lowest BCUT2D eigenvalue weighted by molar-refractivity contribution is 0.478. The predicted molar refractivity (Wildman–Crippen MR) is 142 cm³/mol. The van der Waals surface area contributed by atoms with E-state index in [1.54, 1.807) is 10.8 Å². The quantitative estimate of drug-likeness (QED) is 0.343. The smallest absolute Gasteiger partial charge is 0.160 e. The van der Waals surface area contributed by atoms with E-state index in [0.29, 0.717) is 17.6 Å². The minimum Gasteiger partial charge on any atom is -0.457 e. The average molecular weight is 501 g/mol. The largest absolute Gasteiger partial charge is 0.457 e. The SMILES string of the molecule is Cc1cc(Nc2ncnc3ccc(C4=CCN[C@@H](C)C4)nc23)ccc1Oc1ccn2ncnc2c1.Cl. The summed E-state index contributed by atoms with van der Waals surface area (Å²) in [5.74, 6) is 2.14. The van der Waals surface area contributed by atoms with Gasteiger partial charge in [0.25, 0.3) is 0 Å². The normalized spacial score (nSPS) is 15.4. The fourth-order valence-electron chi connectivity index (χ4n) is 4.25. The number of anilines is 2. The first-order valence-electron chi connectivity index (χ1n) is 11.5. The average Bonchev–Trinajstić information content (AvgIpc) is 3.34. The van der Waals surface area contributed by atoms with Crippen molar-refractivity contribution in [3.05, 3.63) is 78.6 Å². The molecule has 0 spiro atoms. The van der Waals surface area contributed by atoms with Crippen molar-refractivity contribution in [1.29, 1.82) is 0 Å². The number of pyridine rings is 2. The van der Waals surface area contributed by atoms with Gasteiger partial charge in [0.2, 0.25) is 0 Å². The highest BCUT2D eigenvalue weighted by atomic mass is 35.5. The summed E-state index contributed by atoms with van der Waals surface area (Å²) < 4.78 is 7.79. The summed E-state index contributed by atoms with van der Waals surface area (Å²) in [4.78, 5) is 18.0. The monoisotopic (exact) mass is 500 g/mol. The Hall–Kier alpha value is -4.08. The zero-order valence-electron chi connectivity index (χ0n) is 19.8. The zero-order valence-corrected chi connectivity index (χ0v) is 20.7. The van der Waals surface area contributed by atoms with Crippen molar-refractivity contribution >= 4 is 46.2 Å². The summed E-state index contributed by atoms with van der Waals surface area (Å²) in [6.45, 7) is 5.05. The van der Waals surface area contributed by atoms with Crippen molar-refractivity contribution in [2.24, 2.45) is 0 Å². The van der Waals surface area contributed by atoms with Gasteiger partial charge in [-0.2, -0.15) is 5.10 Å². The van der Waals surface area contributed by atoms with Gasteiger partial charge in [0.1, 0.15) is 29.7 Å². The van der Waals surface area contributed by atoms with Crippen LogP contribution in [-0.2, 0) is 0 Å². The molecule has 1 aliphatic heterocycles. The highest BCUT2D eigenvalue weighted by Gasteiger charge is 2.15. The van der Waals surface area contributed by atoms with Crippen LogP contribution in [0.5, 0.6) is 11.5 Å². The van der Waals surface area contributed by atoms with E-state index in [2.05, 4.69) is 43.7 Å². The van der Waals surface area contributed by atoms with Crippen LogP contribution in [0.4, 0.5) is 11.5 Å². The molecule has 5 aromatic rings. The van der Waals surface area contributed by atoms with Gasteiger partial charge in [-0.3, -0.25) is 0 Å². The summed E-state index contributed by atoms with van der Waals surface area (Å²) in [5.41, 5.74) is 6.37. The first kappa shape index (κ1) is 23.7. The molecule has 182 valence electrons. The molecule has 0 fully saturated rings. The van der Waals surface area contributed by atoms with Gasteiger partial charge < -0.3 is 15.4 Å². The molecule has 5 heterocycles. The third-order valence-electron chi connectivity index (χ3n) is 6.07. The second-order valence-electron chi connectivity index (χ2n) is 8.66. The van der Waals surface area contributed by atoms with E-state index in [1.807, 2.05) is 55.6 Å². The Balaban J connectivity index is 0.00000267. The van der Waals surface area contributed by atoms with E-state index < -0.39 is 0 Å². The van der Waals surface area contributed by atoms with Crippen LogP contribution in [0.1, 0.15) is 24.6 Å². The van der Waals surface area contributed by atoms with Crippen LogP contribution in [0, 0.1) is 6.92 Å². The second-order valence-corrected chi connectivity index (χ2v) is 8.66. The molecule has 0 saturated heterocycles. The molecule has 6 rings (SSSR count). The lowest BCUT2D eigenvalue weighted by Crippen LogP contribution is -2.30. The van der Waals surface area contributed by atoms with Gasteiger partial charge in [0, 0.05) is 30.5 Å². The van der Waals surface area contributed by atoms with Gasteiger partial charge >= 0.3 is 0 Å². The number of rotatable bonds is 5. The molecule has 0 saturated carbocycles. The molecule has 2 N–H and O–H groups in total. The van der Waals surface area contributed by atoms with Crippen molar-refractivity contribution < 1.29 is 4.74 Å². The number of hydrogen-bond acceptors (Lipinski definition) is 8. The Labute approximate surface area is 214 Å². The highest BCUT2D eigenvalue weighted by Crippen LogP contribution is 2.30. The van der Waals surface area contributed by atoms with Crippen molar-refractivity contribution in [2.45, 2.75) is 26.3 Å². The molecule has 36 heavy (non-hydrogen) atoms. The summed E-state index contributed by atoms with van der Waals surface area (Å²) in [5, 5.41) is 11.0. The Morgan fingerprint density at radius 1 is 1.06 bits per heavy atom. The Bertz CT molecular complexity index is 1580. The Morgan fingerprint density at radius 3 is 2.83 bits per heavy atom. The lowest BCUT2D eigenvalue weighted by Gasteiger charge is -2.20. The van der Waals surface area contributed by atoms with Crippen LogP contribution in [0.25, 0.3) is 22.3 Å².